The summed E-state index contributed by atoms with van der Waals surface area (Å²) in [6.45, 7) is 2.32. The first-order valence-electron chi connectivity index (χ1n) is 6.98. The quantitative estimate of drug-likeness (QED) is 0.872. The molecule has 0 heterocycles. The largest absolute Gasteiger partial charge is 0.488 e. The van der Waals surface area contributed by atoms with Gasteiger partial charge in [-0.15, -0.1) is 0 Å². The van der Waals surface area contributed by atoms with Crippen LogP contribution in [0.15, 0.2) is 42.5 Å². The number of benzene rings is 2. The molecule has 0 aliphatic carbocycles. The van der Waals surface area contributed by atoms with Gasteiger partial charge in [-0.2, -0.15) is 0 Å². The summed E-state index contributed by atoms with van der Waals surface area (Å²) in [5.74, 6) is -1.15. The Kier molecular flexibility index (Phi) is 5.28. The van der Waals surface area contributed by atoms with E-state index >= 15 is 0 Å². The van der Waals surface area contributed by atoms with Gasteiger partial charge < -0.3 is 10.1 Å². The molecule has 1 atom stereocenters. The maximum atomic E-state index is 13.5. The maximum Gasteiger partial charge on any atom is 0.165 e. The van der Waals surface area contributed by atoms with Crippen molar-refractivity contribution in [3.8, 4) is 5.75 Å². The summed E-state index contributed by atoms with van der Waals surface area (Å²) in [7, 11) is 1.81. The highest BCUT2D eigenvalue weighted by molar-refractivity contribution is 5.27. The smallest absolute Gasteiger partial charge is 0.165 e. The minimum atomic E-state index is -0.562. The number of hydrogen-bond donors (Lipinski definition) is 1. The van der Waals surface area contributed by atoms with Crippen molar-refractivity contribution < 1.29 is 13.5 Å². The molecule has 0 aliphatic rings. The molecular weight excluding hydrogens is 272 g/mol. The topological polar surface area (TPSA) is 21.3 Å². The third-order valence-electron chi connectivity index (χ3n) is 3.44. The first kappa shape index (κ1) is 15.4. The number of likely N-dealkylation sites (N-methyl/N-ethyl adjacent to an activating group) is 1. The standard InChI is InChI=1S/C17H19F2NO/c1-3-12-4-6-13(7-5-12)16(20-2)11-21-17-10-14(18)8-9-15(17)19/h4-10,16,20H,3,11H2,1-2H3. The van der Waals surface area contributed by atoms with Gasteiger partial charge in [0.05, 0.1) is 6.04 Å². The molecule has 0 spiro atoms. The minimum Gasteiger partial charge on any atom is -0.488 e. The second-order valence-corrected chi connectivity index (χ2v) is 4.82. The van der Waals surface area contributed by atoms with E-state index in [-0.39, 0.29) is 18.4 Å². The van der Waals surface area contributed by atoms with Crippen molar-refractivity contribution in [3.05, 3.63) is 65.2 Å². The Morgan fingerprint density at radius 1 is 1.10 bits per heavy atom. The van der Waals surface area contributed by atoms with E-state index in [1.54, 1.807) is 0 Å². The van der Waals surface area contributed by atoms with E-state index in [1.807, 2.05) is 19.2 Å². The number of halogens is 2. The van der Waals surface area contributed by atoms with Gasteiger partial charge in [0.15, 0.2) is 11.6 Å². The predicted molar refractivity (Wildman–Crippen MR) is 79.5 cm³/mol. The highest BCUT2D eigenvalue weighted by Crippen LogP contribution is 2.21. The lowest BCUT2D eigenvalue weighted by atomic mass is 10.0. The van der Waals surface area contributed by atoms with Gasteiger partial charge >= 0.3 is 0 Å². The average molecular weight is 291 g/mol. The summed E-state index contributed by atoms with van der Waals surface area (Å²) >= 11 is 0. The van der Waals surface area contributed by atoms with Gasteiger partial charge in [0.1, 0.15) is 12.4 Å². The normalized spacial score (nSPS) is 12.2. The molecule has 0 saturated heterocycles. The second kappa shape index (κ2) is 7.18. The van der Waals surface area contributed by atoms with Crippen molar-refractivity contribution in [2.45, 2.75) is 19.4 Å². The van der Waals surface area contributed by atoms with Gasteiger partial charge in [-0.3, -0.25) is 0 Å². The summed E-state index contributed by atoms with van der Waals surface area (Å²) in [4.78, 5) is 0. The fourth-order valence-electron chi connectivity index (χ4n) is 2.09. The zero-order valence-electron chi connectivity index (χ0n) is 12.2. The Morgan fingerprint density at radius 3 is 2.43 bits per heavy atom. The Labute approximate surface area is 123 Å². The highest BCUT2D eigenvalue weighted by atomic mass is 19.1. The molecule has 1 N–H and O–H groups in total. The van der Waals surface area contributed by atoms with Crippen LogP contribution >= 0.6 is 0 Å². The van der Waals surface area contributed by atoms with E-state index in [4.69, 9.17) is 4.74 Å². The number of ether oxygens (including phenoxy) is 1. The molecule has 2 nitrogen and oxygen atoms in total. The van der Waals surface area contributed by atoms with Gasteiger partial charge in [0.2, 0.25) is 0 Å². The van der Waals surface area contributed by atoms with Crippen LogP contribution in [0.1, 0.15) is 24.1 Å². The van der Waals surface area contributed by atoms with Crippen molar-refractivity contribution in [2.75, 3.05) is 13.7 Å². The zero-order chi connectivity index (χ0) is 15.2. The van der Waals surface area contributed by atoms with Crippen LogP contribution in [0, 0.1) is 11.6 Å². The Morgan fingerprint density at radius 2 is 1.81 bits per heavy atom. The number of nitrogens with one attached hydrogen (secondary N) is 1. The van der Waals surface area contributed by atoms with Crippen LogP contribution in [0.3, 0.4) is 0 Å². The van der Waals surface area contributed by atoms with Crippen LogP contribution in [0.25, 0.3) is 0 Å². The molecule has 2 rings (SSSR count). The van der Waals surface area contributed by atoms with Crippen molar-refractivity contribution in [3.63, 3.8) is 0 Å². The van der Waals surface area contributed by atoms with Crippen LogP contribution in [0.2, 0.25) is 0 Å². The van der Waals surface area contributed by atoms with E-state index in [0.29, 0.717) is 0 Å². The SMILES string of the molecule is CCc1ccc(C(COc2cc(F)ccc2F)NC)cc1. The fourth-order valence-corrected chi connectivity index (χ4v) is 2.09. The predicted octanol–water partition coefficient (Wildman–Crippen LogP) is 3.87. The lowest BCUT2D eigenvalue weighted by Gasteiger charge is -2.18. The first-order valence-corrected chi connectivity index (χ1v) is 6.98. The van der Waals surface area contributed by atoms with Gasteiger partial charge in [-0.05, 0) is 36.7 Å². The van der Waals surface area contributed by atoms with E-state index in [9.17, 15) is 8.78 Å². The van der Waals surface area contributed by atoms with Crippen LogP contribution in [-0.2, 0) is 6.42 Å². The van der Waals surface area contributed by atoms with E-state index < -0.39 is 11.6 Å². The van der Waals surface area contributed by atoms with E-state index in [1.165, 1.54) is 5.56 Å². The third kappa shape index (κ3) is 4.02. The van der Waals surface area contributed by atoms with Crippen molar-refractivity contribution >= 4 is 0 Å². The molecule has 0 aromatic heterocycles. The Hall–Kier alpha value is -1.94. The molecule has 0 aliphatic heterocycles. The number of hydrogen-bond acceptors (Lipinski definition) is 2. The van der Waals surface area contributed by atoms with Gasteiger partial charge in [-0.25, -0.2) is 8.78 Å². The molecule has 0 amide bonds. The Bertz CT molecular complexity index is 584. The summed E-state index contributed by atoms with van der Waals surface area (Å²) in [5.41, 5.74) is 2.30. The molecular formula is C17H19F2NO. The second-order valence-electron chi connectivity index (χ2n) is 4.82. The number of rotatable bonds is 6. The lowest BCUT2D eigenvalue weighted by Crippen LogP contribution is -2.23. The van der Waals surface area contributed by atoms with Crippen molar-refractivity contribution in [1.29, 1.82) is 0 Å². The molecule has 2 aromatic rings. The summed E-state index contributed by atoms with van der Waals surface area (Å²) in [6.07, 6.45) is 0.982. The van der Waals surface area contributed by atoms with Crippen LogP contribution in [0.4, 0.5) is 8.78 Å². The summed E-state index contributed by atoms with van der Waals surface area (Å²) in [6, 6.07) is 11.3. The van der Waals surface area contributed by atoms with Gasteiger partial charge in [0, 0.05) is 6.07 Å². The van der Waals surface area contributed by atoms with Crippen LogP contribution in [0.5, 0.6) is 5.75 Å². The monoisotopic (exact) mass is 291 g/mol. The van der Waals surface area contributed by atoms with Crippen LogP contribution in [-0.4, -0.2) is 13.7 Å². The molecule has 0 saturated carbocycles. The number of aryl methyl sites for hydroxylation is 1. The average Bonchev–Trinajstić information content (AvgIpc) is 2.51. The van der Waals surface area contributed by atoms with E-state index in [2.05, 4.69) is 24.4 Å². The first-order chi connectivity index (χ1) is 10.1. The molecule has 0 bridgehead atoms. The van der Waals surface area contributed by atoms with Crippen LogP contribution < -0.4 is 10.1 Å². The molecule has 21 heavy (non-hydrogen) atoms. The summed E-state index contributed by atoms with van der Waals surface area (Å²) in [5, 5.41) is 3.12. The fraction of sp³-hybridized carbons (Fsp3) is 0.294. The molecule has 4 heteroatoms. The minimum absolute atomic E-state index is 0.0690. The van der Waals surface area contributed by atoms with E-state index in [0.717, 1.165) is 30.2 Å². The van der Waals surface area contributed by atoms with Crippen molar-refractivity contribution in [2.24, 2.45) is 0 Å². The lowest BCUT2D eigenvalue weighted by molar-refractivity contribution is 0.260. The van der Waals surface area contributed by atoms with Gasteiger partial charge in [0.25, 0.3) is 0 Å². The highest BCUT2D eigenvalue weighted by Gasteiger charge is 2.12. The molecule has 1 unspecified atom stereocenters. The summed E-state index contributed by atoms with van der Waals surface area (Å²) < 4.78 is 32.0. The molecule has 0 radical (unpaired) electrons. The molecule has 2 aromatic carbocycles. The van der Waals surface area contributed by atoms with Crippen molar-refractivity contribution in [1.82, 2.24) is 5.32 Å². The van der Waals surface area contributed by atoms with Gasteiger partial charge in [-0.1, -0.05) is 31.2 Å². The molecule has 112 valence electrons. The maximum absolute atomic E-state index is 13.5. The third-order valence-corrected chi connectivity index (χ3v) is 3.44. The molecule has 0 fully saturated rings. The zero-order valence-corrected chi connectivity index (χ0v) is 12.2. The Balaban J connectivity index is 2.06.